The van der Waals surface area contributed by atoms with Crippen LogP contribution in [0.4, 0.5) is 4.79 Å². The average Bonchev–Trinajstić information content (AvgIpc) is 3.51. The smallest absolute Gasteiger partial charge is 0.408 e. The zero-order chi connectivity index (χ0) is 31.0. The molecule has 3 amide bonds. The Hall–Kier alpha value is -4.44. The summed E-state index contributed by atoms with van der Waals surface area (Å²) >= 11 is 0. The van der Waals surface area contributed by atoms with Crippen molar-refractivity contribution >= 4 is 23.9 Å². The topological polar surface area (TPSA) is 134 Å². The number of ether oxygens (including phenoxy) is 2. The van der Waals surface area contributed by atoms with Gasteiger partial charge in [0.2, 0.25) is 11.8 Å². The molecule has 0 radical (unpaired) electrons. The van der Waals surface area contributed by atoms with E-state index in [4.69, 9.17) is 9.47 Å². The molecule has 2 aromatic carbocycles. The standard InChI is InChI=1S/C33H41N3O7/c1-3-12-26(20-30(38)36-19-11-18-27(36)21-37)31(39)34-29(25-16-9-6-10-17-25)23-42-32(40)28(13-4-2)35-33(41)43-22-24-14-7-5-8-15-24/h3-10,14-17,26-29,37H,1-2,11-13,18-23H2,(H,34,39)(H,35,41)/t26-,27-,28+,29+/m0/s1. The van der Waals surface area contributed by atoms with Gasteiger partial charge in [0, 0.05) is 13.0 Å². The van der Waals surface area contributed by atoms with Crippen LogP contribution in [0.3, 0.4) is 0 Å². The van der Waals surface area contributed by atoms with Crippen LogP contribution in [0.1, 0.15) is 49.3 Å². The molecule has 1 aliphatic rings. The van der Waals surface area contributed by atoms with E-state index in [1.807, 2.05) is 36.4 Å². The molecular weight excluding hydrogens is 550 g/mol. The number of hydrogen-bond donors (Lipinski definition) is 3. The number of carbonyl (C=O) groups excluding carboxylic acids is 4. The molecule has 1 saturated heterocycles. The van der Waals surface area contributed by atoms with Gasteiger partial charge >= 0.3 is 12.1 Å². The highest BCUT2D eigenvalue weighted by Crippen LogP contribution is 2.22. The highest BCUT2D eigenvalue weighted by molar-refractivity contribution is 5.86. The molecule has 230 valence electrons. The quantitative estimate of drug-likeness (QED) is 0.200. The highest BCUT2D eigenvalue weighted by Gasteiger charge is 2.32. The van der Waals surface area contributed by atoms with Crippen LogP contribution in [-0.4, -0.2) is 65.7 Å². The maximum Gasteiger partial charge on any atom is 0.408 e. The number of nitrogens with zero attached hydrogens (tertiary/aromatic N) is 1. The van der Waals surface area contributed by atoms with E-state index < -0.39 is 30.1 Å². The van der Waals surface area contributed by atoms with Crippen LogP contribution in [0.15, 0.2) is 86.0 Å². The molecular formula is C33H41N3O7. The van der Waals surface area contributed by atoms with Gasteiger partial charge in [-0.2, -0.15) is 0 Å². The first-order chi connectivity index (χ1) is 20.9. The van der Waals surface area contributed by atoms with E-state index in [1.165, 1.54) is 6.08 Å². The molecule has 0 saturated carbocycles. The van der Waals surface area contributed by atoms with Crippen LogP contribution < -0.4 is 10.6 Å². The summed E-state index contributed by atoms with van der Waals surface area (Å²) in [5.41, 5.74) is 1.50. The van der Waals surface area contributed by atoms with E-state index in [0.29, 0.717) is 12.1 Å². The Balaban J connectivity index is 1.63. The minimum absolute atomic E-state index is 0.0356. The number of esters is 1. The van der Waals surface area contributed by atoms with Gasteiger partial charge in [-0.15, -0.1) is 13.2 Å². The first-order valence-corrected chi connectivity index (χ1v) is 14.5. The van der Waals surface area contributed by atoms with Gasteiger partial charge in [0.05, 0.1) is 24.6 Å². The van der Waals surface area contributed by atoms with Crippen molar-refractivity contribution in [2.24, 2.45) is 5.92 Å². The summed E-state index contributed by atoms with van der Waals surface area (Å²) in [4.78, 5) is 53.5. The molecule has 3 rings (SSSR count). The van der Waals surface area contributed by atoms with Gasteiger partial charge in [0.25, 0.3) is 0 Å². The van der Waals surface area contributed by atoms with Gasteiger partial charge in [0.15, 0.2) is 0 Å². The highest BCUT2D eigenvalue weighted by atomic mass is 16.6. The molecule has 10 heteroatoms. The summed E-state index contributed by atoms with van der Waals surface area (Å²) < 4.78 is 10.8. The minimum Gasteiger partial charge on any atom is -0.462 e. The maximum atomic E-state index is 13.4. The lowest BCUT2D eigenvalue weighted by Gasteiger charge is -2.26. The van der Waals surface area contributed by atoms with Crippen molar-refractivity contribution in [3.05, 3.63) is 97.1 Å². The number of allylic oxidation sites excluding steroid dienone is 1. The number of benzene rings is 2. The Morgan fingerprint density at radius 2 is 1.63 bits per heavy atom. The van der Waals surface area contributed by atoms with E-state index in [2.05, 4.69) is 23.8 Å². The zero-order valence-corrected chi connectivity index (χ0v) is 24.4. The molecule has 0 bridgehead atoms. The summed E-state index contributed by atoms with van der Waals surface area (Å²) in [6, 6.07) is 16.2. The molecule has 1 heterocycles. The molecule has 43 heavy (non-hydrogen) atoms. The lowest BCUT2D eigenvalue weighted by Crippen LogP contribution is -2.44. The third kappa shape index (κ3) is 10.4. The number of nitrogens with one attached hydrogen (secondary N) is 2. The normalized spacial score (nSPS) is 16.3. The lowest BCUT2D eigenvalue weighted by atomic mass is 9.98. The Morgan fingerprint density at radius 3 is 2.28 bits per heavy atom. The molecule has 0 unspecified atom stereocenters. The number of alkyl carbamates (subject to hydrolysis) is 1. The number of hydrogen-bond acceptors (Lipinski definition) is 7. The Labute approximate surface area is 252 Å². The zero-order valence-electron chi connectivity index (χ0n) is 24.4. The monoisotopic (exact) mass is 591 g/mol. The fourth-order valence-electron chi connectivity index (χ4n) is 4.92. The molecule has 1 fully saturated rings. The third-order valence-corrected chi connectivity index (χ3v) is 7.25. The number of amides is 3. The van der Waals surface area contributed by atoms with E-state index in [1.54, 1.807) is 35.2 Å². The van der Waals surface area contributed by atoms with Crippen LogP contribution in [0.2, 0.25) is 0 Å². The summed E-state index contributed by atoms with van der Waals surface area (Å²) in [6.07, 6.45) is 4.18. The minimum atomic E-state index is -1.04. The van der Waals surface area contributed by atoms with E-state index in [-0.39, 0.29) is 56.9 Å². The molecule has 0 aliphatic carbocycles. The SMILES string of the molecule is C=CC[C@@H](CC(=O)N1CCC[C@H]1CO)C(=O)N[C@H](COC(=O)[C@@H](CC=C)NC(=O)OCc1ccccc1)c1ccccc1. The molecule has 2 aromatic rings. The van der Waals surface area contributed by atoms with Crippen molar-refractivity contribution in [2.45, 2.75) is 56.8 Å². The predicted octanol–water partition coefficient (Wildman–Crippen LogP) is 3.82. The van der Waals surface area contributed by atoms with Crippen LogP contribution in [-0.2, 0) is 30.5 Å². The Kier molecular flexibility index (Phi) is 13.5. The van der Waals surface area contributed by atoms with E-state index in [0.717, 1.165) is 18.4 Å². The number of rotatable bonds is 16. The first-order valence-electron chi connectivity index (χ1n) is 14.5. The Bertz CT molecular complexity index is 1220. The van der Waals surface area contributed by atoms with Gasteiger partial charge in [-0.1, -0.05) is 72.8 Å². The second-order valence-electron chi connectivity index (χ2n) is 10.4. The van der Waals surface area contributed by atoms with Crippen LogP contribution in [0, 0.1) is 5.92 Å². The van der Waals surface area contributed by atoms with E-state index in [9.17, 15) is 24.3 Å². The fourth-order valence-corrected chi connectivity index (χ4v) is 4.92. The van der Waals surface area contributed by atoms with Crippen molar-refractivity contribution in [2.75, 3.05) is 19.8 Å². The predicted molar refractivity (Wildman–Crippen MR) is 161 cm³/mol. The van der Waals surface area contributed by atoms with Crippen LogP contribution >= 0.6 is 0 Å². The van der Waals surface area contributed by atoms with Crippen LogP contribution in [0.25, 0.3) is 0 Å². The van der Waals surface area contributed by atoms with Crippen molar-refractivity contribution in [3.8, 4) is 0 Å². The third-order valence-electron chi connectivity index (χ3n) is 7.25. The molecule has 3 N–H and O–H groups in total. The lowest BCUT2D eigenvalue weighted by molar-refractivity contribution is -0.147. The van der Waals surface area contributed by atoms with Gasteiger partial charge in [-0.25, -0.2) is 9.59 Å². The van der Waals surface area contributed by atoms with Crippen molar-refractivity contribution in [3.63, 3.8) is 0 Å². The summed E-state index contributed by atoms with van der Waals surface area (Å²) in [7, 11) is 0. The Morgan fingerprint density at radius 1 is 0.953 bits per heavy atom. The molecule has 0 aromatic heterocycles. The first kappa shape index (κ1) is 33.1. The molecule has 1 aliphatic heterocycles. The van der Waals surface area contributed by atoms with Crippen molar-refractivity contribution in [1.82, 2.24) is 15.5 Å². The van der Waals surface area contributed by atoms with Crippen molar-refractivity contribution < 1.29 is 33.8 Å². The molecule has 0 spiro atoms. The number of carbonyl (C=O) groups is 4. The summed E-state index contributed by atoms with van der Waals surface area (Å²) in [5, 5.41) is 15.1. The largest absolute Gasteiger partial charge is 0.462 e. The summed E-state index contributed by atoms with van der Waals surface area (Å²) in [5.74, 6) is -1.99. The van der Waals surface area contributed by atoms with E-state index >= 15 is 0 Å². The van der Waals surface area contributed by atoms with Gasteiger partial charge in [-0.05, 0) is 36.8 Å². The molecule has 4 atom stereocenters. The summed E-state index contributed by atoms with van der Waals surface area (Å²) in [6.45, 7) is 7.66. The fraction of sp³-hybridized carbons (Fsp3) is 0.394. The van der Waals surface area contributed by atoms with Crippen LogP contribution in [0.5, 0.6) is 0 Å². The number of likely N-dealkylation sites (tertiary alicyclic amines) is 1. The van der Waals surface area contributed by atoms with Gasteiger partial charge in [-0.3, -0.25) is 9.59 Å². The maximum absolute atomic E-state index is 13.4. The average molecular weight is 592 g/mol. The van der Waals surface area contributed by atoms with Crippen molar-refractivity contribution in [1.29, 1.82) is 0 Å². The van der Waals surface area contributed by atoms with Gasteiger partial charge < -0.3 is 30.1 Å². The second-order valence-corrected chi connectivity index (χ2v) is 10.4. The molecule has 10 nitrogen and oxygen atoms in total. The second kappa shape index (κ2) is 17.5. The van der Waals surface area contributed by atoms with Gasteiger partial charge in [0.1, 0.15) is 19.3 Å². The number of aliphatic hydroxyl groups is 1. The number of aliphatic hydroxyl groups excluding tert-OH is 1.